The molecule has 0 unspecified atom stereocenters. The van der Waals surface area contributed by atoms with Crippen LogP contribution in [-0.2, 0) is 19.1 Å². The molecule has 2 amide bonds. The summed E-state index contributed by atoms with van der Waals surface area (Å²) >= 11 is 0. The number of amides is 2. The van der Waals surface area contributed by atoms with E-state index in [9.17, 15) is 14.4 Å². The number of nitrogens with one attached hydrogen (secondary N) is 1. The Bertz CT molecular complexity index is 324. The highest BCUT2D eigenvalue weighted by molar-refractivity contribution is 5.89. The minimum absolute atomic E-state index is 0.0487. The van der Waals surface area contributed by atoms with Crippen LogP contribution in [0.1, 0.15) is 39.0 Å². The number of hydrogen-bond donors (Lipinski definition) is 2. The molecule has 2 atom stereocenters. The predicted octanol–water partition coefficient (Wildman–Crippen LogP) is -0.105. The van der Waals surface area contributed by atoms with E-state index >= 15 is 0 Å². The normalized spacial score (nSPS) is 20.4. The zero-order valence-electron chi connectivity index (χ0n) is 10.6. The van der Waals surface area contributed by atoms with E-state index in [1.807, 2.05) is 0 Å². The molecule has 0 saturated carbocycles. The van der Waals surface area contributed by atoms with Crippen molar-refractivity contribution in [3.8, 4) is 0 Å². The quantitative estimate of drug-likeness (QED) is 0.664. The molecule has 6 nitrogen and oxygen atoms in total. The van der Waals surface area contributed by atoms with Crippen LogP contribution in [0.5, 0.6) is 0 Å². The SMILES string of the molecule is CCC(=O)CC[C@@H](NC(=O)[C@@H]1CCCO1)C(N)=O. The van der Waals surface area contributed by atoms with Crippen molar-refractivity contribution in [2.45, 2.75) is 51.2 Å². The van der Waals surface area contributed by atoms with E-state index in [-0.39, 0.29) is 24.5 Å². The Labute approximate surface area is 106 Å². The van der Waals surface area contributed by atoms with Crippen LogP contribution in [0, 0.1) is 0 Å². The third-order valence-corrected chi connectivity index (χ3v) is 2.99. The van der Waals surface area contributed by atoms with E-state index in [0.717, 1.165) is 6.42 Å². The van der Waals surface area contributed by atoms with Gasteiger partial charge < -0.3 is 15.8 Å². The van der Waals surface area contributed by atoms with Crippen molar-refractivity contribution >= 4 is 17.6 Å². The second kappa shape index (κ2) is 7.10. The summed E-state index contributed by atoms with van der Waals surface area (Å²) in [7, 11) is 0. The molecular formula is C12H20N2O4. The van der Waals surface area contributed by atoms with Gasteiger partial charge >= 0.3 is 0 Å². The van der Waals surface area contributed by atoms with Gasteiger partial charge in [0.05, 0.1) is 0 Å². The van der Waals surface area contributed by atoms with Crippen molar-refractivity contribution in [1.29, 1.82) is 0 Å². The summed E-state index contributed by atoms with van der Waals surface area (Å²) in [6.07, 6.45) is 1.93. The van der Waals surface area contributed by atoms with Crippen molar-refractivity contribution in [3.05, 3.63) is 0 Å². The van der Waals surface area contributed by atoms with Gasteiger partial charge in [-0.1, -0.05) is 6.92 Å². The lowest BCUT2D eigenvalue weighted by Crippen LogP contribution is -2.48. The Hall–Kier alpha value is -1.43. The molecule has 1 fully saturated rings. The number of carbonyl (C=O) groups is 3. The molecule has 0 aliphatic carbocycles. The van der Waals surface area contributed by atoms with Gasteiger partial charge in [-0.25, -0.2) is 0 Å². The van der Waals surface area contributed by atoms with Crippen molar-refractivity contribution in [3.63, 3.8) is 0 Å². The summed E-state index contributed by atoms with van der Waals surface area (Å²) in [5.41, 5.74) is 5.21. The summed E-state index contributed by atoms with van der Waals surface area (Å²) in [6.45, 7) is 2.32. The Balaban J connectivity index is 2.44. The summed E-state index contributed by atoms with van der Waals surface area (Å²) in [6, 6.07) is -0.794. The maximum Gasteiger partial charge on any atom is 0.249 e. The first-order chi connectivity index (χ1) is 8.54. The molecule has 1 saturated heterocycles. The summed E-state index contributed by atoms with van der Waals surface area (Å²) in [5.74, 6) is -0.891. The lowest BCUT2D eigenvalue weighted by atomic mass is 10.1. The highest BCUT2D eigenvalue weighted by Gasteiger charge is 2.27. The molecular weight excluding hydrogens is 236 g/mol. The summed E-state index contributed by atoms with van der Waals surface area (Å²) < 4.78 is 5.21. The molecule has 0 bridgehead atoms. The molecule has 1 aliphatic rings. The number of primary amides is 1. The fraction of sp³-hybridized carbons (Fsp3) is 0.750. The molecule has 102 valence electrons. The minimum Gasteiger partial charge on any atom is -0.368 e. The molecule has 1 rings (SSSR count). The van der Waals surface area contributed by atoms with Gasteiger partial charge in [0, 0.05) is 19.4 Å². The van der Waals surface area contributed by atoms with Crippen molar-refractivity contribution in [1.82, 2.24) is 5.32 Å². The zero-order valence-corrected chi connectivity index (χ0v) is 10.6. The van der Waals surface area contributed by atoms with Gasteiger partial charge in [-0.2, -0.15) is 0 Å². The number of Topliss-reactive ketones (excluding diaryl/α,β-unsaturated/α-hetero) is 1. The van der Waals surface area contributed by atoms with Crippen LogP contribution < -0.4 is 11.1 Å². The van der Waals surface area contributed by atoms with E-state index in [0.29, 0.717) is 19.4 Å². The lowest BCUT2D eigenvalue weighted by molar-refractivity contribution is -0.134. The van der Waals surface area contributed by atoms with Gasteiger partial charge in [0.1, 0.15) is 17.9 Å². The van der Waals surface area contributed by atoms with Crippen molar-refractivity contribution in [2.75, 3.05) is 6.61 Å². The Kier molecular flexibility index (Phi) is 5.77. The second-order valence-corrected chi connectivity index (χ2v) is 4.40. The topological polar surface area (TPSA) is 98.5 Å². The Morgan fingerprint density at radius 2 is 2.17 bits per heavy atom. The third kappa shape index (κ3) is 4.44. The smallest absolute Gasteiger partial charge is 0.249 e. The molecule has 6 heteroatoms. The minimum atomic E-state index is -0.794. The molecule has 1 heterocycles. The van der Waals surface area contributed by atoms with Crippen LogP contribution >= 0.6 is 0 Å². The number of hydrogen-bond acceptors (Lipinski definition) is 4. The first-order valence-electron chi connectivity index (χ1n) is 6.27. The number of rotatable bonds is 7. The first-order valence-corrected chi connectivity index (χ1v) is 6.27. The third-order valence-electron chi connectivity index (χ3n) is 2.99. The maximum absolute atomic E-state index is 11.7. The highest BCUT2D eigenvalue weighted by atomic mass is 16.5. The molecule has 18 heavy (non-hydrogen) atoms. The number of ether oxygens (including phenoxy) is 1. The zero-order chi connectivity index (χ0) is 13.5. The largest absolute Gasteiger partial charge is 0.368 e. The molecule has 1 aliphatic heterocycles. The molecule has 0 aromatic heterocycles. The van der Waals surface area contributed by atoms with Gasteiger partial charge in [-0.15, -0.1) is 0 Å². The van der Waals surface area contributed by atoms with Gasteiger partial charge in [0.15, 0.2) is 0 Å². The van der Waals surface area contributed by atoms with E-state index < -0.39 is 18.1 Å². The van der Waals surface area contributed by atoms with E-state index in [1.54, 1.807) is 6.92 Å². The molecule has 3 N–H and O–H groups in total. The van der Waals surface area contributed by atoms with Crippen LogP contribution in [0.15, 0.2) is 0 Å². The van der Waals surface area contributed by atoms with Crippen LogP contribution in [0.25, 0.3) is 0 Å². The van der Waals surface area contributed by atoms with E-state index in [1.165, 1.54) is 0 Å². The van der Waals surface area contributed by atoms with Gasteiger partial charge in [0.2, 0.25) is 11.8 Å². The molecule has 0 aromatic carbocycles. The number of nitrogens with two attached hydrogens (primary N) is 1. The van der Waals surface area contributed by atoms with E-state index in [2.05, 4.69) is 5.32 Å². The Morgan fingerprint density at radius 3 is 2.67 bits per heavy atom. The predicted molar refractivity (Wildman–Crippen MR) is 64.6 cm³/mol. The van der Waals surface area contributed by atoms with Gasteiger partial charge in [-0.05, 0) is 19.3 Å². The monoisotopic (exact) mass is 256 g/mol. The van der Waals surface area contributed by atoms with E-state index in [4.69, 9.17) is 10.5 Å². The van der Waals surface area contributed by atoms with Crippen molar-refractivity contribution in [2.24, 2.45) is 5.73 Å². The number of carbonyl (C=O) groups excluding carboxylic acids is 3. The average molecular weight is 256 g/mol. The van der Waals surface area contributed by atoms with Gasteiger partial charge in [0.25, 0.3) is 0 Å². The molecule has 0 radical (unpaired) electrons. The molecule has 0 aromatic rings. The number of ketones is 1. The molecule has 0 spiro atoms. The van der Waals surface area contributed by atoms with Crippen LogP contribution in [-0.4, -0.2) is 36.4 Å². The first kappa shape index (κ1) is 14.6. The fourth-order valence-corrected chi connectivity index (χ4v) is 1.82. The highest BCUT2D eigenvalue weighted by Crippen LogP contribution is 2.12. The second-order valence-electron chi connectivity index (χ2n) is 4.40. The average Bonchev–Trinajstić information content (AvgIpc) is 2.87. The maximum atomic E-state index is 11.7. The van der Waals surface area contributed by atoms with Crippen LogP contribution in [0.4, 0.5) is 0 Å². The summed E-state index contributed by atoms with van der Waals surface area (Å²) in [5, 5.41) is 2.55. The van der Waals surface area contributed by atoms with Crippen LogP contribution in [0.3, 0.4) is 0 Å². The van der Waals surface area contributed by atoms with Crippen molar-refractivity contribution < 1.29 is 19.1 Å². The fourth-order valence-electron chi connectivity index (χ4n) is 1.82. The standard InChI is InChI=1S/C12H20N2O4/c1-2-8(15)5-6-9(11(13)16)14-12(17)10-4-3-7-18-10/h9-10H,2-7H2,1H3,(H2,13,16)(H,14,17)/t9-,10+/m1/s1. The Morgan fingerprint density at radius 1 is 1.44 bits per heavy atom. The summed E-state index contributed by atoms with van der Waals surface area (Å²) in [4.78, 5) is 34.1. The lowest BCUT2D eigenvalue weighted by Gasteiger charge is -2.17. The van der Waals surface area contributed by atoms with Gasteiger partial charge in [-0.3, -0.25) is 14.4 Å². The van der Waals surface area contributed by atoms with Crippen LogP contribution in [0.2, 0.25) is 0 Å².